The van der Waals surface area contributed by atoms with E-state index in [1.807, 2.05) is 0 Å². The summed E-state index contributed by atoms with van der Waals surface area (Å²) in [6, 6.07) is 16.3. The van der Waals surface area contributed by atoms with Crippen molar-refractivity contribution < 1.29 is 19.2 Å². The summed E-state index contributed by atoms with van der Waals surface area (Å²) in [5.41, 5.74) is 3.38. The highest BCUT2D eigenvalue weighted by Crippen LogP contribution is 2.18. The van der Waals surface area contributed by atoms with Crippen LogP contribution in [0.25, 0.3) is 10.8 Å². The molecule has 0 spiro atoms. The maximum atomic E-state index is 12.9. The van der Waals surface area contributed by atoms with Crippen LogP contribution in [0.15, 0.2) is 60.7 Å². The van der Waals surface area contributed by atoms with Crippen molar-refractivity contribution in [2.45, 2.75) is 6.42 Å². The molecule has 26 heavy (non-hydrogen) atoms. The van der Waals surface area contributed by atoms with Gasteiger partial charge >= 0.3 is 0 Å². The van der Waals surface area contributed by atoms with Crippen LogP contribution in [0.2, 0.25) is 0 Å². The second kappa shape index (κ2) is 7.76. The molecule has 0 fully saturated rings. The lowest BCUT2D eigenvalue weighted by molar-refractivity contribution is 0.0706. The van der Waals surface area contributed by atoms with Crippen LogP contribution in [-0.2, 0) is 6.42 Å². The average molecular weight is 352 g/mol. The number of rotatable bonds is 5. The average Bonchev–Trinajstić information content (AvgIpc) is 2.68. The van der Waals surface area contributed by atoms with Gasteiger partial charge in [-0.3, -0.25) is 14.8 Å². The topological polar surface area (TPSA) is 78.4 Å². The van der Waals surface area contributed by atoms with Gasteiger partial charge in [0.25, 0.3) is 11.8 Å². The van der Waals surface area contributed by atoms with Gasteiger partial charge < -0.3 is 5.32 Å². The molecule has 132 valence electrons. The second-order valence-corrected chi connectivity index (χ2v) is 5.85. The number of carbonyl (C=O) groups is 2. The van der Waals surface area contributed by atoms with Crippen LogP contribution < -0.4 is 10.8 Å². The molecule has 3 rings (SSSR count). The molecule has 0 aliphatic heterocycles. The largest absolute Gasteiger partial charge is 0.352 e. The molecule has 0 unspecified atom stereocenters. The fourth-order valence-corrected chi connectivity index (χ4v) is 2.67. The Balaban J connectivity index is 1.66. The van der Waals surface area contributed by atoms with Gasteiger partial charge in [-0.1, -0.05) is 24.3 Å². The van der Waals surface area contributed by atoms with Crippen molar-refractivity contribution in [3.05, 3.63) is 83.2 Å². The van der Waals surface area contributed by atoms with Crippen LogP contribution in [0.1, 0.15) is 26.3 Å². The van der Waals surface area contributed by atoms with Gasteiger partial charge in [-0.05, 0) is 59.2 Å². The van der Waals surface area contributed by atoms with Crippen LogP contribution in [-0.4, -0.2) is 23.6 Å². The Morgan fingerprint density at radius 3 is 2.00 bits per heavy atom. The third-order valence-electron chi connectivity index (χ3n) is 4.08. The summed E-state index contributed by atoms with van der Waals surface area (Å²) in [6.07, 6.45) is 0.610. The first-order valence-electron chi connectivity index (χ1n) is 8.08. The van der Waals surface area contributed by atoms with Crippen molar-refractivity contribution in [2.75, 3.05) is 6.54 Å². The van der Waals surface area contributed by atoms with E-state index < -0.39 is 5.91 Å². The summed E-state index contributed by atoms with van der Waals surface area (Å²) >= 11 is 0. The van der Waals surface area contributed by atoms with Gasteiger partial charge in [-0.25, -0.2) is 9.87 Å². The summed E-state index contributed by atoms with van der Waals surface area (Å²) < 4.78 is 12.9. The molecule has 0 heterocycles. The fraction of sp³-hybridized carbons (Fsp3) is 0.100. The van der Waals surface area contributed by atoms with Crippen molar-refractivity contribution in [1.29, 1.82) is 0 Å². The summed E-state index contributed by atoms with van der Waals surface area (Å²) in [4.78, 5) is 23.7. The molecule has 0 aliphatic rings. The minimum atomic E-state index is -0.588. The van der Waals surface area contributed by atoms with E-state index >= 15 is 0 Å². The summed E-state index contributed by atoms with van der Waals surface area (Å²) in [5, 5.41) is 13.1. The normalized spacial score (nSPS) is 10.5. The smallest absolute Gasteiger partial charge is 0.274 e. The molecule has 2 amide bonds. The monoisotopic (exact) mass is 352 g/mol. The molecule has 3 aromatic carbocycles. The predicted octanol–water partition coefficient (Wildman–Crippen LogP) is 3.07. The molecule has 5 nitrogen and oxygen atoms in total. The van der Waals surface area contributed by atoms with Gasteiger partial charge in [0, 0.05) is 17.7 Å². The molecule has 0 saturated carbocycles. The van der Waals surface area contributed by atoms with E-state index in [9.17, 15) is 14.0 Å². The molecule has 0 radical (unpaired) electrons. The number of amides is 2. The van der Waals surface area contributed by atoms with Crippen molar-refractivity contribution in [3.63, 3.8) is 0 Å². The first-order valence-corrected chi connectivity index (χ1v) is 8.08. The molecule has 0 bridgehead atoms. The van der Waals surface area contributed by atoms with Gasteiger partial charge in [-0.15, -0.1) is 0 Å². The molecule has 0 aromatic heterocycles. The number of halogens is 1. The van der Waals surface area contributed by atoms with E-state index in [4.69, 9.17) is 5.21 Å². The van der Waals surface area contributed by atoms with Crippen LogP contribution >= 0.6 is 0 Å². The Morgan fingerprint density at radius 2 is 1.42 bits per heavy atom. The number of hydroxylamine groups is 1. The Bertz CT molecular complexity index is 955. The van der Waals surface area contributed by atoms with Crippen molar-refractivity contribution in [1.82, 2.24) is 10.8 Å². The number of benzene rings is 3. The molecular formula is C20H17FN2O3. The summed E-state index contributed by atoms with van der Waals surface area (Å²) in [7, 11) is 0. The van der Waals surface area contributed by atoms with Gasteiger partial charge in [0.2, 0.25) is 0 Å². The lowest BCUT2D eigenvalue weighted by atomic mass is 10.0. The third-order valence-corrected chi connectivity index (χ3v) is 4.08. The lowest BCUT2D eigenvalue weighted by Gasteiger charge is -2.07. The first kappa shape index (κ1) is 17.6. The Labute approximate surface area is 149 Å². The zero-order valence-electron chi connectivity index (χ0n) is 13.8. The van der Waals surface area contributed by atoms with Gasteiger partial charge in [0.15, 0.2) is 0 Å². The fourth-order valence-electron chi connectivity index (χ4n) is 2.67. The zero-order chi connectivity index (χ0) is 18.5. The van der Waals surface area contributed by atoms with Crippen LogP contribution in [0.5, 0.6) is 0 Å². The summed E-state index contributed by atoms with van der Waals surface area (Å²) in [6.45, 7) is 0.443. The maximum absolute atomic E-state index is 12.9. The number of fused-ring (bicyclic) bond motifs is 1. The zero-order valence-corrected chi connectivity index (χ0v) is 13.8. The first-order chi connectivity index (χ1) is 12.6. The highest BCUT2D eigenvalue weighted by molar-refractivity contribution is 6.01. The van der Waals surface area contributed by atoms with Crippen molar-refractivity contribution >= 4 is 22.6 Å². The molecule has 6 heteroatoms. The minimum absolute atomic E-state index is 0.203. The van der Waals surface area contributed by atoms with Gasteiger partial charge in [0.1, 0.15) is 5.82 Å². The standard InChI is InChI=1S/C20H17FN2O3/c21-18-7-1-13(2-8-18)9-10-22-19(24)16-5-3-15-12-17(20(25)23-26)6-4-14(15)11-16/h1-8,11-12,26H,9-10H2,(H,22,24)(H,23,25). The van der Waals surface area contributed by atoms with E-state index in [-0.39, 0.29) is 11.7 Å². The number of hydrogen-bond donors (Lipinski definition) is 3. The second-order valence-electron chi connectivity index (χ2n) is 5.85. The molecule has 0 saturated heterocycles. The third kappa shape index (κ3) is 4.04. The Kier molecular flexibility index (Phi) is 5.24. The number of hydrogen-bond acceptors (Lipinski definition) is 3. The highest BCUT2D eigenvalue weighted by Gasteiger charge is 2.08. The SMILES string of the molecule is O=C(NO)c1ccc2cc(C(=O)NCCc3ccc(F)cc3)ccc2c1. The van der Waals surface area contributed by atoms with E-state index in [2.05, 4.69) is 5.32 Å². The van der Waals surface area contributed by atoms with Gasteiger partial charge in [-0.2, -0.15) is 0 Å². The van der Waals surface area contributed by atoms with Crippen molar-refractivity contribution in [3.8, 4) is 0 Å². The van der Waals surface area contributed by atoms with Gasteiger partial charge in [0.05, 0.1) is 0 Å². The van der Waals surface area contributed by atoms with E-state index in [0.717, 1.165) is 16.3 Å². The highest BCUT2D eigenvalue weighted by atomic mass is 19.1. The minimum Gasteiger partial charge on any atom is -0.352 e. The van der Waals surface area contributed by atoms with E-state index in [0.29, 0.717) is 24.1 Å². The predicted molar refractivity (Wildman–Crippen MR) is 95.6 cm³/mol. The lowest BCUT2D eigenvalue weighted by Crippen LogP contribution is -2.25. The Morgan fingerprint density at radius 1 is 0.846 bits per heavy atom. The number of carbonyl (C=O) groups excluding carboxylic acids is 2. The van der Waals surface area contributed by atoms with Crippen molar-refractivity contribution in [2.24, 2.45) is 0 Å². The summed E-state index contributed by atoms with van der Waals surface area (Å²) in [5.74, 6) is -1.07. The van der Waals surface area contributed by atoms with Crippen LogP contribution in [0.4, 0.5) is 4.39 Å². The molecular weight excluding hydrogens is 335 g/mol. The quantitative estimate of drug-likeness (QED) is 0.488. The molecule has 3 aromatic rings. The van der Waals surface area contributed by atoms with Crippen LogP contribution in [0.3, 0.4) is 0 Å². The maximum Gasteiger partial charge on any atom is 0.274 e. The molecule has 0 aliphatic carbocycles. The molecule has 0 atom stereocenters. The van der Waals surface area contributed by atoms with Crippen LogP contribution in [0, 0.1) is 5.82 Å². The Hall–Kier alpha value is -3.25. The van der Waals surface area contributed by atoms with E-state index in [1.54, 1.807) is 54.0 Å². The van der Waals surface area contributed by atoms with E-state index in [1.165, 1.54) is 12.1 Å². The molecule has 3 N–H and O–H groups in total. The number of nitrogens with one attached hydrogen (secondary N) is 2.